The first-order valence-electron chi connectivity index (χ1n) is 7.15. The van der Waals surface area contributed by atoms with Crippen LogP contribution in [0.25, 0.3) is 10.8 Å². The summed E-state index contributed by atoms with van der Waals surface area (Å²) < 4.78 is 0. The van der Waals surface area contributed by atoms with Gasteiger partial charge in [0.25, 0.3) is 0 Å². The molecule has 3 rings (SSSR count). The first kappa shape index (κ1) is 12.7. The Morgan fingerprint density at radius 1 is 0.895 bits per heavy atom. The minimum atomic E-state index is -1.39. The molecule has 2 nitrogen and oxygen atoms in total. The first-order valence-corrected chi connectivity index (χ1v) is 7.15. The van der Waals surface area contributed by atoms with Gasteiger partial charge in [-0.3, -0.25) is 0 Å². The van der Waals surface area contributed by atoms with E-state index >= 15 is 0 Å². The van der Waals surface area contributed by atoms with Gasteiger partial charge in [-0.1, -0.05) is 55.7 Å². The van der Waals surface area contributed by atoms with Gasteiger partial charge in [0.1, 0.15) is 0 Å². The smallest absolute Gasteiger partial charge is 0.423 e. The number of hydrogen-bond acceptors (Lipinski definition) is 2. The van der Waals surface area contributed by atoms with Crippen LogP contribution in [0.2, 0.25) is 0 Å². The Bertz CT molecular complexity index is 569. The lowest BCUT2D eigenvalue weighted by Gasteiger charge is -2.24. The molecule has 0 aromatic heterocycles. The summed E-state index contributed by atoms with van der Waals surface area (Å²) >= 11 is 0. The van der Waals surface area contributed by atoms with Gasteiger partial charge in [0, 0.05) is 0 Å². The van der Waals surface area contributed by atoms with E-state index in [1.54, 1.807) is 0 Å². The monoisotopic (exact) mass is 254 g/mol. The molecule has 1 fully saturated rings. The van der Waals surface area contributed by atoms with Crippen LogP contribution in [0.5, 0.6) is 0 Å². The topological polar surface area (TPSA) is 40.5 Å². The summed E-state index contributed by atoms with van der Waals surface area (Å²) in [6, 6.07) is 12.0. The van der Waals surface area contributed by atoms with E-state index in [1.165, 1.54) is 37.7 Å². The third-order valence-electron chi connectivity index (χ3n) is 4.29. The fourth-order valence-corrected chi connectivity index (χ4v) is 3.37. The predicted molar refractivity (Wildman–Crippen MR) is 79.6 cm³/mol. The van der Waals surface area contributed by atoms with E-state index in [1.807, 2.05) is 24.3 Å². The van der Waals surface area contributed by atoms with Crippen LogP contribution in [0.1, 0.15) is 43.6 Å². The van der Waals surface area contributed by atoms with Gasteiger partial charge in [-0.15, -0.1) is 0 Å². The molecule has 2 N–H and O–H groups in total. The molecule has 98 valence electrons. The summed E-state index contributed by atoms with van der Waals surface area (Å²) in [5, 5.41) is 21.4. The third-order valence-corrected chi connectivity index (χ3v) is 4.29. The minimum Gasteiger partial charge on any atom is -0.423 e. The van der Waals surface area contributed by atoms with Crippen LogP contribution in [0.3, 0.4) is 0 Å². The highest BCUT2D eigenvalue weighted by molar-refractivity contribution is 6.62. The quantitative estimate of drug-likeness (QED) is 0.808. The lowest BCUT2D eigenvalue weighted by atomic mass is 9.73. The average molecular weight is 254 g/mol. The van der Waals surface area contributed by atoms with E-state index in [0.29, 0.717) is 11.4 Å². The number of hydrogen-bond donors (Lipinski definition) is 2. The molecule has 1 saturated carbocycles. The molecule has 1 aliphatic carbocycles. The molecule has 19 heavy (non-hydrogen) atoms. The van der Waals surface area contributed by atoms with Crippen LogP contribution in [0.4, 0.5) is 0 Å². The van der Waals surface area contributed by atoms with E-state index in [4.69, 9.17) is 0 Å². The van der Waals surface area contributed by atoms with E-state index < -0.39 is 7.12 Å². The Kier molecular flexibility index (Phi) is 3.58. The van der Waals surface area contributed by atoms with Crippen LogP contribution < -0.4 is 5.46 Å². The molecular weight excluding hydrogens is 235 g/mol. The van der Waals surface area contributed by atoms with Crippen molar-refractivity contribution in [2.45, 2.75) is 38.0 Å². The fraction of sp³-hybridized carbons (Fsp3) is 0.375. The van der Waals surface area contributed by atoms with Crippen LogP contribution in [-0.4, -0.2) is 17.2 Å². The van der Waals surface area contributed by atoms with Gasteiger partial charge in [-0.05, 0) is 40.6 Å². The maximum Gasteiger partial charge on any atom is 0.489 e. The Labute approximate surface area is 114 Å². The summed E-state index contributed by atoms with van der Waals surface area (Å²) in [6.45, 7) is 0. The second-order valence-electron chi connectivity index (χ2n) is 5.50. The molecule has 0 heterocycles. The summed E-state index contributed by atoms with van der Waals surface area (Å²) in [7, 11) is -1.39. The maximum absolute atomic E-state index is 9.60. The highest BCUT2D eigenvalue weighted by Gasteiger charge is 2.22. The maximum atomic E-state index is 9.60. The van der Waals surface area contributed by atoms with Crippen LogP contribution in [0.15, 0.2) is 36.4 Å². The zero-order valence-electron chi connectivity index (χ0n) is 11.0. The summed E-state index contributed by atoms with van der Waals surface area (Å²) in [5.74, 6) is 0.567. The van der Waals surface area contributed by atoms with Crippen molar-refractivity contribution in [3.63, 3.8) is 0 Å². The van der Waals surface area contributed by atoms with Crippen LogP contribution in [-0.2, 0) is 0 Å². The minimum absolute atomic E-state index is 0.567. The van der Waals surface area contributed by atoms with E-state index in [0.717, 1.165) is 10.8 Å². The fourth-order valence-electron chi connectivity index (χ4n) is 3.37. The molecule has 2 aromatic rings. The summed E-state index contributed by atoms with van der Waals surface area (Å²) in [5.41, 5.74) is 1.93. The predicted octanol–water partition coefficient (Wildman–Crippen LogP) is 2.57. The molecule has 0 amide bonds. The molecule has 0 atom stereocenters. The molecule has 0 aliphatic heterocycles. The van der Waals surface area contributed by atoms with Gasteiger partial charge < -0.3 is 10.0 Å². The van der Waals surface area contributed by atoms with E-state index in [9.17, 15) is 10.0 Å². The highest BCUT2D eigenvalue weighted by atomic mass is 16.4. The largest absolute Gasteiger partial charge is 0.489 e. The zero-order valence-corrected chi connectivity index (χ0v) is 11.0. The number of rotatable bonds is 2. The van der Waals surface area contributed by atoms with Crippen molar-refractivity contribution in [2.24, 2.45) is 0 Å². The highest BCUT2D eigenvalue weighted by Crippen LogP contribution is 2.35. The van der Waals surface area contributed by atoms with Crippen molar-refractivity contribution in [3.05, 3.63) is 42.0 Å². The average Bonchev–Trinajstić information content (AvgIpc) is 2.46. The Morgan fingerprint density at radius 3 is 2.26 bits per heavy atom. The second kappa shape index (κ2) is 5.36. The van der Waals surface area contributed by atoms with E-state index in [-0.39, 0.29) is 0 Å². The molecule has 0 bridgehead atoms. The van der Waals surface area contributed by atoms with Crippen molar-refractivity contribution in [1.82, 2.24) is 0 Å². The van der Waals surface area contributed by atoms with Crippen molar-refractivity contribution < 1.29 is 10.0 Å². The van der Waals surface area contributed by atoms with Gasteiger partial charge in [-0.2, -0.15) is 0 Å². The molecule has 0 saturated heterocycles. The Hall–Kier alpha value is -1.32. The van der Waals surface area contributed by atoms with Crippen molar-refractivity contribution in [3.8, 4) is 0 Å². The van der Waals surface area contributed by atoms with Crippen molar-refractivity contribution >= 4 is 23.4 Å². The molecular formula is C16H19BO2. The molecule has 1 aliphatic rings. The first-order chi connectivity index (χ1) is 9.27. The molecule has 2 aromatic carbocycles. The lowest BCUT2D eigenvalue weighted by molar-refractivity contribution is 0.426. The number of benzene rings is 2. The standard InChI is InChI=1S/C16H19BO2/c18-17(19)15-11-5-9-13-8-4-10-14(16(13)15)12-6-2-1-3-7-12/h4-5,8-12,18-19H,1-3,6-7H2. The zero-order chi connectivity index (χ0) is 13.2. The van der Waals surface area contributed by atoms with Gasteiger partial charge in [-0.25, -0.2) is 0 Å². The van der Waals surface area contributed by atoms with Gasteiger partial charge in [0.15, 0.2) is 0 Å². The van der Waals surface area contributed by atoms with Crippen molar-refractivity contribution in [1.29, 1.82) is 0 Å². The van der Waals surface area contributed by atoms with Gasteiger partial charge in [0.05, 0.1) is 0 Å². The number of fused-ring (bicyclic) bond motifs is 1. The molecule has 0 spiro atoms. The summed E-state index contributed by atoms with van der Waals surface area (Å²) in [6.07, 6.45) is 6.33. The van der Waals surface area contributed by atoms with Crippen molar-refractivity contribution in [2.75, 3.05) is 0 Å². The summed E-state index contributed by atoms with van der Waals surface area (Å²) in [4.78, 5) is 0. The normalized spacial score (nSPS) is 16.7. The van der Waals surface area contributed by atoms with E-state index in [2.05, 4.69) is 12.1 Å². The second-order valence-corrected chi connectivity index (χ2v) is 5.50. The third kappa shape index (κ3) is 2.40. The Morgan fingerprint density at radius 2 is 1.58 bits per heavy atom. The van der Waals surface area contributed by atoms with Crippen LogP contribution in [0, 0.1) is 0 Å². The molecule has 0 unspecified atom stereocenters. The molecule has 0 radical (unpaired) electrons. The Balaban J connectivity index is 2.17. The lowest BCUT2D eigenvalue weighted by Crippen LogP contribution is -2.31. The SMILES string of the molecule is OB(O)c1cccc2cccc(C3CCCCC3)c12. The van der Waals surface area contributed by atoms with Gasteiger partial charge >= 0.3 is 7.12 Å². The van der Waals surface area contributed by atoms with Crippen LogP contribution >= 0.6 is 0 Å². The van der Waals surface area contributed by atoms with Gasteiger partial charge in [0.2, 0.25) is 0 Å². The molecule has 3 heteroatoms.